The van der Waals surface area contributed by atoms with E-state index >= 15 is 0 Å². The molecule has 3 heteroatoms. The van der Waals surface area contributed by atoms with Crippen LogP contribution in [0.25, 0.3) is 10.9 Å². The molecule has 98 valence electrons. The van der Waals surface area contributed by atoms with Crippen LogP contribution in [0.2, 0.25) is 0 Å². The lowest BCUT2D eigenvalue weighted by Crippen LogP contribution is -2.21. The second kappa shape index (κ2) is 6.57. The first kappa shape index (κ1) is 13.1. The van der Waals surface area contributed by atoms with Crippen LogP contribution < -0.4 is 5.32 Å². The van der Waals surface area contributed by atoms with Gasteiger partial charge in [0.25, 0.3) is 0 Å². The molecule has 1 aromatic carbocycles. The molecule has 18 heavy (non-hydrogen) atoms. The molecule has 0 amide bonds. The number of methoxy groups -OCH3 is 1. The van der Waals surface area contributed by atoms with Crippen LogP contribution in [0.5, 0.6) is 0 Å². The summed E-state index contributed by atoms with van der Waals surface area (Å²) in [7, 11) is 1.74. The number of fused-ring (bicyclic) bond motifs is 1. The Morgan fingerprint density at radius 3 is 2.94 bits per heavy atom. The van der Waals surface area contributed by atoms with Gasteiger partial charge in [0.2, 0.25) is 0 Å². The first-order valence-corrected chi connectivity index (χ1v) is 6.56. The molecular weight excluding hydrogens is 224 g/mol. The molecule has 0 radical (unpaired) electrons. The Balaban J connectivity index is 1.84. The number of nitrogens with zero attached hydrogens (tertiary/aromatic N) is 1. The molecule has 2 aromatic rings. The summed E-state index contributed by atoms with van der Waals surface area (Å²) in [6, 6.07) is 8.80. The van der Waals surface area contributed by atoms with Gasteiger partial charge in [0.1, 0.15) is 0 Å². The summed E-state index contributed by atoms with van der Waals surface area (Å²) in [6.07, 6.45) is 3.24. The van der Waals surface area contributed by atoms with Crippen molar-refractivity contribution in [3.8, 4) is 0 Å². The zero-order valence-corrected chi connectivity index (χ0v) is 11.3. The van der Waals surface area contributed by atoms with E-state index in [0.29, 0.717) is 0 Å². The van der Waals surface area contributed by atoms with Crippen LogP contribution in [0.4, 0.5) is 0 Å². The summed E-state index contributed by atoms with van der Waals surface area (Å²) >= 11 is 0. The molecule has 0 spiro atoms. The van der Waals surface area contributed by atoms with Crippen molar-refractivity contribution in [1.82, 2.24) is 9.88 Å². The van der Waals surface area contributed by atoms with Gasteiger partial charge in [-0.15, -0.1) is 0 Å². The Morgan fingerprint density at radius 1 is 1.22 bits per heavy atom. The van der Waals surface area contributed by atoms with Crippen molar-refractivity contribution >= 4 is 10.9 Å². The number of ether oxygens (including phenoxy) is 1. The quantitative estimate of drug-likeness (QED) is 0.760. The second-order valence-electron chi connectivity index (χ2n) is 4.67. The van der Waals surface area contributed by atoms with Gasteiger partial charge < -0.3 is 14.6 Å². The first-order chi connectivity index (χ1) is 8.81. The first-order valence-electron chi connectivity index (χ1n) is 6.56. The molecule has 0 atom stereocenters. The van der Waals surface area contributed by atoms with Gasteiger partial charge >= 0.3 is 0 Å². The van der Waals surface area contributed by atoms with E-state index < -0.39 is 0 Å². The smallest absolute Gasteiger partial charge is 0.0480 e. The van der Waals surface area contributed by atoms with E-state index in [-0.39, 0.29) is 0 Å². The van der Waals surface area contributed by atoms with Crippen LogP contribution in [0.3, 0.4) is 0 Å². The SMILES string of the molecule is COCCCNCCn1ccc2cc(C)ccc21. The fourth-order valence-corrected chi connectivity index (χ4v) is 2.18. The fraction of sp³-hybridized carbons (Fsp3) is 0.467. The number of aryl methyl sites for hydroxylation is 1. The third-order valence-corrected chi connectivity index (χ3v) is 3.16. The lowest BCUT2D eigenvalue weighted by Gasteiger charge is -2.07. The minimum atomic E-state index is 0.832. The van der Waals surface area contributed by atoms with Gasteiger partial charge in [-0.25, -0.2) is 0 Å². The van der Waals surface area contributed by atoms with Crippen molar-refractivity contribution < 1.29 is 4.74 Å². The van der Waals surface area contributed by atoms with Crippen LogP contribution in [0, 0.1) is 6.92 Å². The molecule has 0 fully saturated rings. The Kier molecular flexibility index (Phi) is 4.79. The third kappa shape index (κ3) is 3.34. The van der Waals surface area contributed by atoms with Crippen molar-refractivity contribution in [3.05, 3.63) is 36.0 Å². The number of rotatable bonds is 7. The maximum Gasteiger partial charge on any atom is 0.0480 e. The maximum absolute atomic E-state index is 5.02. The van der Waals surface area contributed by atoms with Crippen LogP contribution in [-0.4, -0.2) is 31.4 Å². The van der Waals surface area contributed by atoms with E-state index in [2.05, 4.69) is 47.3 Å². The summed E-state index contributed by atoms with van der Waals surface area (Å²) in [5, 5.41) is 4.76. The minimum absolute atomic E-state index is 0.832. The molecule has 3 nitrogen and oxygen atoms in total. The molecule has 1 aromatic heterocycles. The monoisotopic (exact) mass is 246 g/mol. The number of hydrogen-bond donors (Lipinski definition) is 1. The lowest BCUT2D eigenvalue weighted by molar-refractivity contribution is 0.194. The molecule has 0 saturated carbocycles. The zero-order chi connectivity index (χ0) is 12.8. The van der Waals surface area contributed by atoms with Crippen LogP contribution in [0.15, 0.2) is 30.5 Å². The maximum atomic E-state index is 5.02. The van der Waals surface area contributed by atoms with Gasteiger partial charge in [-0.3, -0.25) is 0 Å². The summed E-state index contributed by atoms with van der Waals surface area (Å²) in [6.45, 7) is 6.00. The van der Waals surface area contributed by atoms with E-state index in [9.17, 15) is 0 Å². The number of aromatic nitrogens is 1. The van der Waals surface area contributed by atoms with E-state index in [1.54, 1.807) is 7.11 Å². The molecule has 0 aliphatic heterocycles. The molecule has 0 aliphatic rings. The van der Waals surface area contributed by atoms with Gasteiger partial charge in [-0.05, 0) is 43.5 Å². The topological polar surface area (TPSA) is 26.2 Å². The molecule has 0 unspecified atom stereocenters. The summed E-state index contributed by atoms with van der Waals surface area (Å²) < 4.78 is 7.32. The lowest BCUT2D eigenvalue weighted by atomic mass is 10.2. The van der Waals surface area contributed by atoms with Gasteiger partial charge in [0, 0.05) is 38.5 Å². The van der Waals surface area contributed by atoms with Crippen molar-refractivity contribution in [3.63, 3.8) is 0 Å². The second-order valence-corrected chi connectivity index (χ2v) is 4.67. The van der Waals surface area contributed by atoms with Crippen molar-refractivity contribution in [2.24, 2.45) is 0 Å². The predicted molar refractivity (Wildman–Crippen MR) is 76.0 cm³/mol. The molecule has 1 N–H and O–H groups in total. The van der Waals surface area contributed by atoms with Crippen LogP contribution in [0.1, 0.15) is 12.0 Å². The van der Waals surface area contributed by atoms with E-state index in [4.69, 9.17) is 4.74 Å². The van der Waals surface area contributed by atoms with E-state index in [1.165, 1.54) is 16.5 Å². The number of benzene rings is 1. The fourth-order valence-electron chi connectivity index (χ4n) is 2.18. The third-order valence-electron chi connectivity index (χ3n) is 3.16. The highest BCUT2D eigenvalue weighted by Crippen LogP contribution is 2.16. The molecule has 0 bridgehead atoms. The zero-order valence-electron chi connectivity index (χ0n) is 11.3. The standard InChI is InChI=1S/C15H22N2O/c1-13-4-5-15-14(12-13)6-9-17(15)10-8-16-7-3-11-18-2/h4-6,9,12,16H,3,7-8,10-11H2,1-2H3. The average molecular weight is 246 g/mol. The highest BCUT2D eigenvalue weighted by molar-refractivity contribution is 5.80. The summed E-state index contributed by atoms with van der Waals surface area (Å²) in [5.41, 5.74) is 2.64. The van der Waals surface area contributed by atoms with Crippen molar-refractivity contribution in [1.29, 1.82) is 0 Å². The van der Waals surface area contributed by atoms with Crippen LogP contribution in [-0.2, 0) is 11.3 Å². The Hall–Kier alpha value is -1.32. The largest absolute Gasteiger partial charge is 0.385 e. The van der Waals surface area contributed by atoms with E-state index in [1.807, 2.05) is 0 Å². The number of hydrogen-bond acceptors (Lipinski definition) is 2. The number of nitrogens with one attached hydrogen (secondary N) is 1. The highest BCUT2D eigenvalue weighted by Gasteiger charge is 2.00. The predicted octanol–water partition coefficient (Wildman–Crippen LogP) is 2.58. The molecule has 1 heterocycles. The summed E-state index contributed by atoms with van der Waals surface area (Å²) in [4.78, 5) is 0. The molecule has 0 aliphatic carbocycles. The van der Waals surface area contributed by atoms with E-state index in [0.717, 1.165) is 32.7 Å². The molecule has 2 rings (SSSR count). The summed E-state index contributed by atoms with van der Waals surface area (Å²) in [5.74, 6) is 0. The van der Waals surface area contributed by atoms with Gasteiger partial charge in [-0.1, -0.05) is 11.6 Å². The average Bonchev–Trinajstić information content (AvgIpc) is 2.76. The highest BCUT2D eigenvalue weighted by atomic mass is 16.5. The van der Waals surface area contributed by atoms with Gasteiger partial charge in [0.15, 0.2) is 0 Å². The van der Waals surface area contributed by atoms with Gasteiger partial charge in [-0.2, -0.15) is 0 Å². The van der Waals surface area contributed by atoms with Crippen molar-refractivity contribution in [2.45, 2.75) is 19.9 Å². The Labute approximate surface area is 109 Å². The molecule has 0 saturated heterocycles. The minimum Gasteiger partial charge on any atom is -0.385 e. The normalized spacial score (nSPS) is 11.2. The molecular formula is C15H22N2O. The van der Waals surface area contributed by atoms with Gasteiger partial charge in [0.05, 0.1) is 0 Å². The van der Waals surface area contributed by atoms with Crippen LogP contribution >= 0.6 is 0 Å². The van der Waals surface area contributed by atoms with Crippen molar-refractivity contribution in [2.75, 3.05) is 26.8 Å². The Morgan fingerprint density at radius 2 is 2.11 bits per heavy atom. The Bertz CT molecular complexity index is 490.